The molecule has 0 aromatic carbocycles. The molecule has 0 saturated carbocycles. The Kier molecular flexibility index (Phi) is 3.69. The first-order chi connectivity index (χ1) is 7.75. The molecular formula is C10H11ClN4S. The quantitative estimate of drug-likeness (QED) is 0.911. The van der Waals surface area contributed by atoms with Crippen molar-refractivity contribution < 1.29 is 0 Å². The molecule has 2 rings (SSSR count). The van der Waals surface area contributed by atoms with E-state index in [0.29, 0.717) is 11.0 Å². The number of nitrogens with zero attached hydrogens (tertiary/aromatic N) is 3. The van der Waals surface area contributed by atoms with E-state index >= 15 is 0 Å². The van der Waals surface area contributed by atoms with Crippen LogP contribution in [0.5, 0.6) is 0 Å². The van der Waals surface area contributed by atoms with Gasteiger partial charge in [0.05, 0.1) is 5.01 Å². The van der Waals surface area contributed by atoms with Crippen LogP contribution in [-0.2, 0) is 6.42 Å². The Morgan fingerprint density at radius 1 is 1.38 bits per heavy atom. The Morgan fingerprint density at radius 2 is 2.19 bits per heavy atom. The maximum absolute atomic E-state index is 5.86. The van der Waals surface area contributed by atoms with Crippen molar-refractivity contribution in [3.8, 4) is 0 Å². The summed E-state index contributed by atoms with van der Waals surface area (Å²) in [6.07, 6.45) is 4.05. The fraction of sp³-hybridized carbons (Fsp3) is 0.300. The molecule has 0 spiro atoms. The third kappa shape index (κ3) is 2.90. The zero-order valence-electron chi connectivity index (χ0n) is 8.77. The molecule has 0 aliphatic rings. The third-order valence-corrected chi connectivity index (χ3v) is 3.25. The van der Waals surface area contributed by atoms with Crippen molar-refractivity contribution in [2.24, 2.45) is 0 Å². The first-order valence-electron chi connectivity index (χ1n) is 4.87. The predicted octanol–water partition coefficient (Wildman–Crippen LogP) is 2.55. The van der Waals surface area contributed by atoms with Crippen LogP contribution in [0.15, 0.2) is 17.8 Å². The van der Waals surface area contributed by atoms with Crippen molar-refractivity contribution in [3.63, 3.8) is 0 Å². The number of anilines is 1. The highest BCUT2D eigenvalue weighted by Gasteiger charge is 2.02. The second-order valence-corrected chi connectivity index (χ2v) is 4.56. The minimum atomic E-state index is 0.401. The van der Waals surface area contributed by atoms with Gasteiger partial charge < -0.3 is 5.32 Å². The van der Waals surface area contributed by atoms with Crippen LogP contribution in [0.25, 0.3) is 0 Å². The zero-order chi connectivity index (χ0) is 11.4. The Labute approximate surface area is 103 Å². The highest BCUT2D eigenvalue weighted by atomic mass is 35.5. The maximum Gasteiger partial charge on any atom is 0.171 e. The van der Waals surface area contributed by atoms with E-state index in [4.69, 9.17) is 11.6 Å². The minimum Gasteiger partial charge on any atom is -0.367 e. The van der Waals surface area contributed by atoms with Gasteiger partial charge in [0.15, 0.2) is 11.0 Å². The number of aromatic nitrogens is 3. The van der Waals surface area contributed by atoms with Crippen molar-refractivity contribution >= 4 is 28.8 Å². The first kappa shape index (κ1) is 11.3. The van der Waals surface area contributed by atoms with E-state index in [0.717, 1.165) is 23.7 Å². The smallest absolute Gasteiger partial charge is 0.171 e. The molecule has 0 saturated heterocycles. The summed E-state index contributed by atoms with van der Waals surface area (Å²) in [6, 6.07) is 0. The molecule has 0 amide bonds. The van der Waals surface area contributed by atoms with Crippen molar-refractivity contribution in [2.45, 2.75) is 13.3 Å². The van der Waals surface area contributed by atoms with E-state index < -0.39 is 0 Å². The van der Waals surface area contributed by atoms with Crippen LogP contribution in [0.4, 0.5) is 5.82 Å². The second-order valence-electron chi connectivity index (χ2n) is 3.26. The average Bonchev–Trinajstić information content (AvgIpc) is 2.67. The van der Waals surface area contributed by atoms with Crippen LogP contribution in [-0.4, -0.2) is 21.5 Å². The first-order valence-corrected chi connectivity index (χ1v) is 6.13. The van der Waals surface area contributed by atoms with E-state index in [1.807, 2.05) is 12.3 Å². The summed E-state index contributed by atoms with van der Waals surface area (Å²) in [7, 11) is 0. The van der Waals surface area contributed by atoms with Gasteiger partial charge in [0, 0.05) is 36.4 Å². The maximum atomic E-state index is 5.86. The Morgan fingerprint density at radius 3 is 2.88 bits per heavy atom. The highest BCUT2D eigenvalue weighted by molar-refractivity contribution is 7.09. The molecule has 1 N–H and O–H groups in total. The number of halogens is 1. The van der Waals surface area contributed by atoms with E-state index in [1.165, 1.54) is 0 Å². The number of hydrogen-bond donors (Lipinski definition) is 1. The Hall–Kier alpha value is -1.20. The van der Waals surface area contributed by atoms with Crippen molar-refractivity contribution in [2.75, 3.05) is 11.9 Å². The van der Waals surface area contributed by atoms with Gasteiger partial charge in [-0.25, -0.2) is 15.0 Å². The SMILES string of the molecule is Cc1csc(CCNc2nccnc2Cl)n1. The molecule has 0 radical (unpaired) electrons. The van der Waals surface area contributed by atoms with Crippen LogP contribution in [0.3, 0.4) is 0 Å². The number of aryl methyl sites for hydroxylation is 1. The van der Waals surface area contributed by atoms with Crippen LogP contribution in [0.2, 0.25) is 5.15 Å². The van der Waals surface area contributed by atoms with E-state index in [2.05, 4.69) is 20.3 Å². The molecule has 0 bridgehead atoms. The van der Waals surface area contributed by atoms with Gasteiger partial charge in [-0.15, -0.1) is 11.3 Å². The van der Waals surface area contributed by atoms with Gasteiger partial charge >= 0.3 is 0 Å². The fourth-order valence-corrected chi connectivity index (χ4v) is 2.19. The largest absolute Gasteiger partial charge is 0.367 e. The van der Waals surface area contributed by atoms with Crippen molar-refractivity contribution in [1.82, 2.24) is 15.0 Å². The molecule has 4 nitrogen and oxygen atoms in total. The lowest BCUT2D eigenvalue weighted by Crippen LogP contribution is -2.07. The average molecular weight is 255 g/mol. The predicted molar refractivity (Wildman–Crippen MR) is 66.1 cm³/mol. The molecule has 6 heteroatoms. The highest BCUT2D eigenvalue weighted by Crippen LogP contribution is 2.14. The summed E-state index contributed by atoms with van der Waals surface area (Å²) in [4.78, 5) is 12.4. The topological polar surface area (TPSA) is 50.7 Å². The lowest BCUT2D eigenvalue weighted by Gasteiger charge is -2.04. The molecular weight excluding hydrogens is 244 g/mol. The molecule has 0 aliphatic carbocycles. The summed E-state index contributed by atoms with van der Waals surface area (Å²) in [5.74, 6) is 0.623. The second kappa shape index (κ2) is 5.23. The molecule has 0 atom stereocenters. The Balaban J connectivity index is 1.87. The molecule has 0 unspecified atom stereocenters. The van der Waals surface area contributed by atoms with Gasteiger partial charge in [0.2, 0.25) is 0 Å². The summed E-state index contributed by atoms with van der Waals surface area (Å²) in [5, 5.41) is 6.69. The van der Waals surface area contributed by atoms with Gasteiger partial charge in [0.25, 0.3) is 0 Å². The lowest BCUT2D eigenvalue weighted by atomic mass is 10.4. The molecule has 16 heavy (non-hydrogen) atoms. The van der Waals surface area contributed by atoms with Crippen LogP contribution >= 0.6 is 22.9 Å². The summed E-state index contributed by atoms with van der Waals surface area (Å²) in [5.41, 5.74) is 1.07. The van der Waals surface area contributed by atoms with Crippen LogP contribution < -0.4 is 5.32 Å². The molecule has 2 aromatic heterocycles. The molecule has 84 valence electrons. The van der Waals surface area contributed by atoms with Gasteiger partial charge in [-0.3, -0.25) is 0 Å². The van der Waals surface area contributed by atoms with Crippen LogP contribution in [0.1, 0.15) is 10.7 Å². The van der Waals surface area contributed by atoms with E-state index in [-0.39, 0.29) is 0 Å². The number of nitrogens with one attached hydrogen (secondary N) is 1. The summed E-state index contributed by atoms with van der Waals surface area (Å²) in [6.45, 7) is 2.75. The van der Waals surface area contributed by atoms with Gasteiger partial charge in [0.1, 0.15) is 0 Å². The number of hydrogen-bond acceptors (Lipinski definition) is 5. The minimum absolute atomic E-state index is 0.401. The fourth-order valence-electron chi connectivity index (χ4n) is 1.24. The van der Waals surface area contributed by atoms with Crippen molar-refractivity contribution in [1.29, 1.82) is 0 Å². The Bertz CT molecular complexity index is 471. The summed E-state index contributed by atoms with van der Waals surface area (Å²) < 4.78 is 0. The standard InChI is InChI=1S/C10H11ClN4S/c1-7-6-16-8(15-7)2-3-13-10-9(11)12-4-5-14-10/h4-6H,2-3H2,1H3,(H,13,14). The molecule has 2 aromatic rings. The van der Waals surface area contributed by atoms with E-state index in [1.54, 1.807) is 23.7 Å². The van der Waals surface area contributed by atoms with E-state index in [9.17, 15) is 0 Å². The normalized spacial score (nSPS) is 10.4. The van der Waals surface area contributed by atoms with Crippen LogP contribution in [0, 0.1) is 6.92 Å². The molecule has 2 heterocycles. The molecule has 0 fully saturated rings. The molecule has 0 aliphatic heterocycles. The summed E-state index contributed by atoms with van der Waals surface area (Å²) >= 11 is 7.53. The number of rotatable bonds is 4. The van der Waals surface area contributed by atoms with Crippen molar-refractivity contribution in [3.05, 3.63) is 33.6 Å². The van der Waals surface area contributed by atoms with Gasteiger partial charge in [-0.05, 0) is 6.92 Å². The zero-order valence-corrected chi connectivity index (χ0v) is 10.3. The number of thiazole rings is 1. The van der Waals surface area contributed by atoms with Gasteiger partial charge in [-0.1, -0.05) is 11.6 Å². The monoisotopic (exact) mass is 254 g/mol. The van der Waals surface area contributed by atoms with Gasteiger partial charge in [-0.2, -0.15) is 0 Å². The lowest BCUT2D eigenvalue weighted by molar-refractivity contribution is 0.973. The third-order valence-electron chi connectivity index (χ3n) is 1.95.